The van der Waals surface area contributed by atoms with Crippen molar-refractivity contribution in [3.63, 3.8) is 0 Å². The third-order valence-corrected chi connectivity index (χ3v) is 4.68. The summed E-state index contributed by atoms with van der Waals surface area (Å²) in [4.78, 5) is 12.5. The van der Waals surface area contributed by atoms with Crippen LogP contribution in [0.2, 0.25) is 0 Å². The van der Waals surface area contributed by atoms with Crippen molar-refractivity contribution in [3.8, 4) is 0 Å². The molecule has 1 aromatic rings. The van der Waals surface area contributed by atoms with Crippen LogP contribution in [0.3, 0.4) is 0 Å². The lowest BCUT2D eigenvalue weighted by atomic mass is 9.96. The number of hydrogen-bond acceptors (Lipinski definition) is 3. The summed E-state index contributed by atoms with van der Waals surface area (Å²) in [7, 11) is 0. The van der Waals surface area contributed by atoms with E-state index in [1.807, 2.05) is 24.3 Å². The van der Waals surface area contributed by atoms with Crippen molar-refractivity contribution in [2.75, 3.05) is 5.73 Å². The van der Waals surface area contributed by atoms with Crippen molar-refractivity contribution in [1.29, 1.82) is 0 Å². The minimum atomic E-state index is -0.375. The van der Waals surface area contributed by atoms with Gasteiger partial charge in [-0.2, -0.15) is 0 Å². The van der Waals surface area contributed by atoms with Gasteiger partial charge >= 0.3 is 5.97 Å². The number of anilines is 1. The van der Waals surface area contributed by atoms with E-state index in [0.717, 1.165) is 36.9 Å². The molecule has 2 aliphatic carbocycles. The number of benzene rings is 1. The monoisotopic (exact) mass is 273 g/mol. The number of carbonyl (C=O) groups excluding carboxylic acids is 1. The summed E-state index contributed by atoms with van der Waals surface area (Å²) in [6, 6.07) is 7.68. The molecule has 0 aliphatic heterocycles. The number of nitrogen functional groups attached to an aromatic ring is 1. The Morgan fingerprint density at radius 2 is 1.65 bits per heavy atom. The van der Waals surface area contributed by atoms with Crippen LogP contribution in [0.5, 0.6) is 0 Å². The topological polar surface area (TPSA) is 52.3 Å². The number of nitrogens with two attached hydrogens (primary N) is 1. The molecule has 108 valence electrons. The summed E-state index contributed by atoms with van der Waals surface area (Å²) in [5.74, 6) is -0.0193. The fraction of sp³-hybridized carbons (Fsp3) is 0.588. The minimum Gasteiger partial charge on any atom is -0.462 e. The predicted molar refractivity (Wildman–Crippen MR) is 79.3 cm³/mol. The highest BCUT2D eigenvalue weighted by molar-refractivity contribution is 5.86. The molecule has 2 saturated carbocycles. The molecule has 3 nitrogen and oxygen atoms in total. The fourth-order valence-electron chi connectivity index (χ4n) is 3.16. The van der Waals surface area contributed by atoms with E-state index in [9.17, 15) is 4.79 Å². The first-order chi connectivity index (χ1) is 9.71. The Labute approximate surface area is 120 Å². The zero-order valence-electron chi connectivity index (χ0n) is 11.9. The summed E-state index contributed by atoms with van der Waals surface area (Å²) >= 11 is 0. The maximum absolute atomic E-state index is 12.5. The Kier molecular flexibility index (Phi) is 3.68. The summed E-state index contributed by atoms with van der Waals surface area (Å²) in [5.41, 5.74) is 7.14. The summed E-state index contributed by atoms with van der Waals surface area (Å²) < 4.78 is 5.81. The van der Waals surface area contributed by atoms with Gasteiger partial charge in [0.1, 0.15) is 6.10 Å². The number of esters is 1. The molecule has 0 heterocycles. The molecule has 2 fully saturated rings. The van der Waals surface area contributed by atoms with E-state index in [-0.39, 0.29) is 17.5 Å². The van der Waals surface area contributed by atoms with Gasteiger partial charge < -0.3 is 10.5 Å². The molecule has 3 heteroatoms. The quantitative estimate of drug-likeness (QED) is 0.520. The van der Waals surface area contributed by atoms with Crippen LogP contribution in [0.15, 0.2) is 24.3 Å². The van der Waals surface area contributed by atoms with E-state index < -0.39 is 0 Å². The fourth-order valence-corrected chi connectivity index (χ4v) is 3.16. The molecular formula is C17H23NO2. The Bertz CT molecular complexity index is 468. The van der Waals surface area contributed by atoms with Gasteiger partial charge in [0, 0.05) is 5.69 Å². The van der Waals surface area contributed by atoms with Gasteiger partial charge in [0.2, 0.25) is 0 Å². The maximum Gasteiger partial charge on any atom is 0.316 e. The molecule has 1 aromatic carbocycles. The lowest BCUT2D eigenvalue weighted by Gasteiger charge is -2.20. The predicted octanol–water partition coefficient (Wildman–Crippen LogP) is 3.57. The molecule has 0 saturated heterocycles. The zero-order valence-corrected chi connectivity index (χ0v) is 11.9. The van der Waals surface area contributed by atoms with Crippen molar-refractivity contribution in [2.24, 2.45) is 0 Å². The van der Waals surface area contributed by atoms with E-state index >= 15 is 0 Å². The number of carbonyl (C=O) groups is 1. The minimum absolute atomic E-state index is 0.0193. The van der Waals surface area contributed by atoms with Crippen LogP contribution in [0.25, 0.3) is 0 Å². The highest BCUT2D eigenvalue weighted by Crippen LogP contribution is 2.49. The molecular weight excluding hydrogens is 250 g/mol. The van der Waals surface area contributed by atoms with Crippen molar-refractivity contribution in [3.05, 3.63) is 29.8 Å². The van der Waals surface area contributed by atoms with Crippen molar-refractivity contribution in [2.45, 2.75) is 62.9 Å². The lowest BCUT2D eigenvalue weighted by molar-refractivity contribution is -0.152. The molecule has 0 radical (unpaired) electrons. The van der Waals surface area contributed by atoms with E-state index in [0.29, 0.717) is 0 Å². The van der Waals surface area contributed by atoms with Crippen LogP contribution < -0.4 is 5.73 Å². The van der Waals surface area contributed by atoms with Gasteiger partial charge in [0.25, 0.3) is 0 Å². The Morgan fingerprint density at radius 1 is 1.05 bits per heavy atom. The average Bonchev–Trinajstić information content (AvgIpc) is 3.24. The molecule has 2 N–H and O–H groups in total. The molecule has 0 unspecified atom stereocenters. The maximum atomic E-state index is 12.5. The third kappa shape index (κ3) is 2.67. The van der Waals surface area contributed by atoms with Gasteiger partial charge in [-0.15, -0.1) is 0 Å². The van der Waals surface area contributed by atoms with Crippen LogP contribution in [-0.2, 0) is 14.9 Å². The largest absolute Gasteiger partial charge is 0.462 e. The van der Waals surface area contributed by atoms with Crippen LogP contribution in [0.4, 0.5) is 5.69 Å². The summed E-state index contributed by atoms with van der Waals surface area (Å²) in [5, 5.41) is 0. The molecule has 0 aromatic heterocycles. The third-order valence-electron chi connectivity index (χ3n) is 4.68. The number of hydrogen-bond donors (Lipinski definition) is 1. The Balaban J connectivity index is 1.68. The smallest absolute Gasteiger partial charge is 0.316 e. The highest BCUT2D eigenvalue weighted by atomic mass is 16.5. The van der Waals surface area contributed by atoms with Gasteiger partial charge in [-0.1, -0.05) is 25.0 Å². The van der Waals surface area contributed by atoms with Crippen LogP contribution in [0.1, 0.15) is 56.9 Å². The molecule has 3 rings (SSSR count). The van der Waals surface area contributed by atoms with Crippen LogP contribution >= 0.6 is 0 Å². The second-order valence-electron chi connectivity index (χ2n) is 6.22. The van der Waals surface area contributed by atoms with Gasteiger partial charge in [-0.3, -0.25) is 4.79 Å². The van der Waals surface area contributed by atoms with Crippen molar-refractivity contribution < 1.29 is 9.53 Å². The van der Waals surface area contributed by atoms with Gasteiger partial charge in [0.05, 0.1) is 5.41 Å². The molecule has 0 bridgehead atoms. The molecule has 0 spiro atoms. The first-order valence-electron chi connectivity index (χ1n) is 7.78. The zero-order chi connectivity index (χ0) is 14.0. The second kappa shape index (κ2) is 5.47. The van der Waals surface area contributed by atoms with Gasteiger partial charge in [0.15, 0.2) is 0 Å². The van der Waals surface area contributed by atoms with Crippen LogP contribution in [-0.4, -0.2) is 12.1 Å². The molecule has 2 aliphatic rings. The molecule has 20 heavy (non-hydrogen) atoms. The SMILES string of the molecule is Nc1ccc(C2(C(=O)OC3CCCCCC3)CC2)cc1. The lowest BCUT2D eigenvalue weighted by Crippen LogP contribution is -2.28. The van der Waals surface area contributed by atoms with Crippen molar-refractivity contribution >= 4 is 11.7 Å². The van der Waals surface area contributed by atoms with Crippen molar-refractivity contribution in [1.82, 2.24) is 0 Å². The molecule has 0 atom stereocenters. The summed E-state index contributed by atoms with van der Waals surface area (Å²) in [6.45, 7) is 0. The van der Waals surface area contributed by atoms with Crippen LogP contribution in [0, 0.1) is 0 Å². The Hall–Kier alpha value is -1.51. The Morgan fingerprint density at radius 3 is 2.20 bits per heavy atom. The van der Waals surface area contributed by atoms with E-state index in [4.69, 9.17) is 10.5 Å². The first-order valence-corrected chi connectivity index (χ1v) is 7.78. The summed E-state index contributed by atoms with van der Waals surface area (Å²) in [6.07, 6.45) is 8.93. The van der Waals surface area contributed by atoms with E-state index in [2.05, 4.69) is 0 Å². The first kappa shape index (κ1) is 13.5. The van der Waals surface area contributed by atoms with Gasteiger partial charge in [-0.05, 0) is 56.2 Å². The standard InChI is InChI=1S/C17H23NO2/c18-14-9-7-13(8-10-14)17(11-12-17)16(19)20-15-5-3-1-2-4-6-15/h7-10,15H,1-6,11-12,18H2. The average molecular weight is 273 g/mol. The molecule has 0 amide bonds. The van der Waals surface area contributed by atoms with E-state index in [1.165, 1.54) is 25.7 Å². The number of rotatable bonds is 3. The number of ether oxygens (including phenoxy) is 1. The normalized spacial score (nSPS) is 22.0. The van der Waals surface area contributed by atoms with E-state index in [1.54, 1.807) is 0 Å². The highest BCUT2D eigenvalue weighted by Gasteiger charge is 2.53. The van der Waals surface area contributed by atoms with Gasteiger partial charge in [-0.25, -0.2) is 0 Å². The second-order valence-corrected chi connectivity index (χ2v) is 6.22.